The molecular weight excluding hydrogens is 447 g/mol. The van der Waals surface area contributed by atoms with Crippen molar-refractivity contribution in [2.75, 3.05) is 42.3 Å². The zero-order valence-corrected chi connectivity index (χ0v) is 18.2. The van der Waals surface area contributed by atoms with Gasteiger partial charge >= 0.3 is 6.18 Å². The van der Waals surface area contributed by atoms with E-state index >= 15 is 0 Å². The second kappa shape index (κ2) is 8.45. The topological polar surface area (TPSA) is 78.7 Å². The Bertz CT molecular complexity index is 1140. The lowest BCUT2D eigenvalue weighted by atomic mass is 9.95. The highest BCUT2D eigenvalue weighted by atomic mass is 35.5. The number of fused-ring (bicyclic) bond motifs is 1. The van der Waals surface area contributed by atoms with Crippen molar-refractivity contribution in [3.05, 3.63) is 41.2 Å². The van der Waals surface area contributed by atoms with Gasteiger partial charge in [-0.3, -0.25) is 4.79 Å². The number of nitrogens with one attached hydrogen (secondary N) is 1. The van der Waals surface area contributed by atoms with E-state index < -0.39 is 12.0 Å². The maximum absolute atomic E-state index is 13.1. The van der Waals surface area contributed by atoms with Crippen LogP contribution in [0.3, 0.4) is 0 Å². The fraction of sp³-hybridized carbons (Fsp3) is 0.400. The summed E-state index contributed by atoms with van der Waals surface area (Å²) in [6.45, 7) is 0.965. The van der Waals surface area contributed by atoms with Gasteiger partial charge in [-0.2, -0.15) is 17.7 Å². The third-order valence-electron chi connectivity index (χ3n) is 5.39. The molecule has 3 heterocycles. The Labute approximate surface area is 187 Å². The smallest absolute Gasteiger partial charge is 0.376 e. The number of anilines is 3. The molecule has 1 aliphatic heterocycles. The molecule has 2 aromatic heterocycles. The van der Waals surface area contributed by atoms with E-state index in [0.717, 1.165) is 5.69 Å². The average molecular weight is 468 g/mol. The van der Waals surface area contributed by atoms with Gasteiger partial charge in [-0.25, -0.2) is 0 Å². The minimum absolute atomic E-state index is 0.0218. The van der Waals surface area contributed by atoms with Gasteiger partial charge in [0.1, 0.15) is 5.82 Å². The number of benzene rings is 1. The van der Waals surface area contributed by atoms with Crippen LogP contribution in [0.25, 0.3) is 5.65 Å². The van der Waals surface area contributed by atoms with Gasteiger partial charge in [-0.15, -0.1) is 15.3 Å². The summed E-state index contributed by atoms with van der Waals surface area (Å²) in [6, 6.07) is 8.36. The van der Waals surface area contributed by atoms with Crippen molar-refractivity contribution in [3.63, 3.8) is 0 Å². The first-order valence-electron chi connectivity index (χ1n) is 9.96. The molecule has 0 aliphatic carbocycles. The Morgan fingerprint density at radius 2 is 1.88 bits per heavy atom. The van der Waals surface area contributed by atoms with Crippen LogP contribution in [0.5, 0.6) is 0 Å². The SMILES string of the molecule is CN(C)c1ccc(Cl)cc1NC(=O)C1CCN(c2ccc3nnc(C(F)(F)F)n3n2)CC1. The van der Waals surface area contributed by atoms with Gasteiger partial charge in [0, 0.05) is 38.1 Å². The molecule has 1 N–H and O–H groups in total. The molecule has 170 valence electrons. The summed E-state index contributed by atoms with van der Waals surface area (Å²) in [5.41, 5.74) is 1.50. The van der Waals surface area contributed by atoms with E-state index in [-0.39, 0.29) is 17.5 Å². The van der Waals surface area contributed by atoms with Crippen LogP contribution < -0.4 is 15.1 Å². The van der Waals surface area contributed by atoms with E-state index in [1.165, 1.54) is 6.07 Å². The number of rotatable bonds is 4. The minimum Gasteiger partial charge on any atom is -0.376 e. The first-order chi connectivity index (χ1) is 15.1. The van der Waals surface area contributed by atoms with E-state index in [0.29, 0.717) is 47.0 Å². The van der Waals surface area contributed by atoms with Crippen LogP contribution in [-0.2, 0) is 11.0 Å². The zero-order chi connectivity index (χ0) is 23.0. The van der Waals surface area contributed by atoms with Crippen LogP contribution in [0.4, 0.5) is 30.4 Å². The number of hydrogen-bond acceptors (Lipinski definition) is 6. The number of hydrogen-bond donors (Lipinski definition) is 1. The third kappa shape index (κ3) is 4.43. The lowest BCUT2D eigenvalue weighted by Crippen LogP contribution is -2.39. The van der Waals surface area contributed by atoms with Crippen molar-refractivity contribution in [2.24, 2.45) is 5.92 Å². The van der Waals surface area contributed by atoms with Crippen LogP contribution in [0.1, 0.15) is 18.7 Å². The van der Waals surface area contributed by atoms with Gasteiger partial charge < -0.3 is 15.1 Å². The lowest BCUT2D eigenvalue weighted by Gasteiger charge is -2.32. The summed E-state index contributed by atoms with van der Waals surface area (Å²) >= 11 is 6.09. The normalized spacial score (nSPS) is 15.2. The highest BCUT2D eigenvalue weighted by Gasteiger charge is 2.38. The molecule has 0 atom stereocenters. The molecule has 0 unspecified atom stereocenters. The number of carbonyl (C=O) groups is 1. The largest absolute Gasteiger partial charge is 0.453 e. The Morgan fingerprint density at radius 3 is 2.53 bits per heavy atom. The third-order valence-corrected chi connectivity index (χ3v) is 5.63. The first kappa shape index (κ1) is 22.1. The molecule has 0 saturated carbocycles. The van der Waals surface area contributed by atoms with Crippen molar-refractivity contribution in [3.8, 4) is 0 Å². The summed E-state index contributed by atoms with van der Waals surface area (Å²) in [5, 5.41) is 14.3. The summed E-state index contributed by atoms with van der Waals surface area (Å²) in [4.78, 5) is 16.6. The molecule has 0 bridgehead atoms. The fourth-order valence-corrected chi connectivity index (χ4v) is 3.90. The van der Waals surface area contributed by atoms with E-state index in [4.69, 9.17) is 11.6 Å². The minimum atomic E-state index is -4.65. The van der Waals surface area contributed by atoms with Gasteiger partial charge in [0.05, 0.1) is 11.4 Å². The quantitative estimate of drug-likeness (QED) is 0.630. The summed E-state index contributed by atoms with van der Waals surface area (Å²) in [6.07, 6.45) is -3.57. The molecule has 32 heavy (non-hydrogen) atoms. The number of amides is 1. The monoisotopic (exact) mass is 467 g/mol. The first-order valence-corrected chi connectivity index (χ1v) is 10.3. The van der Waals surface area contributed by atoms with E-state index in [1.807, 2.05) is 30.0 Å². The molecule has 0 spiro atoms. The van der Waals surface area contributed by atoms with E-state index in [9.17, 15) is 18.0 Å². The van der Waals surface area contributed by atoms with Crippen LogP contribution in [0.15, 0.2) is 30.3 Å². The van der Waals surface area contributed by atoms with Gasteiger partial charge in [0.2, 0.25) is 5.91 Å². The summed E-state index contributed by atoms with van der Waals surface area (Å²) in [7, 11) is 3.75. The molecule has 0 radical (unpaired) electrons. The predicted octanol–water partition coefficient (Wildman–Crippen LogP) is 3.72. The Kier molecular flexibility index (Phi) is 5.85. The summed E-state index contributed by atoms with van der Waals surface area (Å²) in [5.74, 6) is -1.13. The van der Waals surface area contributed by atoms with Gasteiger partial charge in [0.15, 0.2) is 5.65 Å². The number of aromatic nitrogens is 4. The van der Waals surface area contributed by atoms with Gasteiger partial charge in [-0.1, -0.05) is 11.6 Å². The average Bonchev–Trinajstić information content (AvgIpc) is 3.17. The maximum Gasteiger partial charge on any atom is 0.453 e. The zero-order valence-electron chi connectivity index (χ0n) is 17.4. The Morgan fingerprint density at radius 1 is 1.16 bits per heavy atom. The standard InChI is InChI=1S/C20H21ClF3N7O/c1-29(2)15-4-3-13(21)11-14(15)25-18(32)12-7-9-30(10-8-12)17-6-5-16-26-27-19(20(22,23)24)31(16)28-17/h3-6,11-12H,7-10H2,1-2H3,(H,25,32). The molecule has 8 nitrogen and oxygen atoms in total. The number of alkyl halides is 3. The van der Waals surface area contributed by atoms with Crippen molar-refractivity contribution in [1.82, 2.24) is 19.8 Å². The molecule has 1 amide bonds. The molecule has 1 aromatic carbocycles. The highest BCUT2D eigenvalue weighted by molar-refractivity contribution is 6.31. The molecule has 1 fully saturated rings. The van der Waals surface area contributed by atoms with Crippen molar-refractivity contribution in [1.29, 1.82) is 0 Å². The number of carbonyl (C=O) groups excluding carboxylic acids is 1. The van der Waals surface area contributed by atoms with Crippen LogP contribution in [-0.4, -0.2) is 52.9 Å². The van der Waals surface area contributed by atoms with Crippen LogP contribution in [0, 0.1) is 5.92 Å². The van der Waals surface area contributed by atoms with Gasteiger partial charge in [-0.05, 0) is 43.2 Å². The Balaban J connectivity index is 1.44. The molecule has 4 rings (SSSR count). The molecule has 3 aromatic rings. The number of nitrogens with zero attached hydrogens (tertiary/aromatic N) is 6. The van der Waals surface area contributed by atoms with Crippen LogP contribution in [0.2, 0.25) is 5.02 Å². The second-order valence-electron chi connectivity index (χ2n) is 7.79. The number of piperidine rings is 1. The van der Waals surface area contributed by atoms with Crippen LogP contribution >= 0.6 is 11.6 Å². The molecule has 1 aliphatic rings. The fourth-order valence-electron chi connectivity index (χ4n) is 3.73. The molecular formula is C20H21ClF3N7O. The number of halogens is 4. The van der Waals surface area contributed by atoms with Gasteiger partial charge in [0.25, 0.3) is 5.82 Å². The second-order valence-corrected chi connectivity index (χ2v) is 8.23. The lowest BCUT2D eigenvalue weighted by molar-refractivity contribution is -0.146. The highest BCUT2D eigenvalue weighted by Crippen LogP contribution is 2.31. The molecule has 1 saturated heterocycles. The molecule has 12 heteroatoms. The van der Waals surface area contributed by atoms with Crippen molar-refractivity contribution >= 4 is 40.3 Å². The maximum atomic E-state index is 13.1. The van der Waals surface area contributed by atoms with E-state index in [1.54, 1.807) is 18.2 Å². The van der Waals surface area contributed by atoms with Crippen molar-refractivity contribution in [2.45, 2.75) is 19.0 Å². The summed E-state index contributed by atoms with van der Waals surface area (Å²) < 4.78 is 40.0. The van der Waals surface area contributed by atoms with E-state index in [2.05, 4.69) is 20.6 Å². The van der Waals surface area contributed by atoms with Crippen molar-refractivity contribution < 1.29 is 18.0 Å². The Hall–Kier alpha value is -3.08. The predicted molar refractivity (Wildman–Crippen MR) is 115 cm³/mol.